The van der Waals surface area contributed by atoms with Crippen LogP contribution in [0.1, 0.15) is 0 Å². The van der Waals surface area contributed by atoms with Crippen molar-refractivity contribution in [3.05, 3.63) is 36.0 Å². The summed E-state index contributed by atoms with van der Waals surface area (Å²) in [6, 6.07) is 7.19. The Labute approximate surface area is 135 Å². The van der Waals surface area contributed by atoms with E-state index < -0.39 is 11.8 Å². The topological polar surface area (TPSA) is 82.1 Å². The zero-order valence-corrected chi connectivity index (χ0v) is 13.3. The number of rotatable bonds is 8. The highest BCUT2D eigenvalue weighted by molar-refractivity contribution is 6.17. The van der Waals surface area contributed by atoms with Gasteiger partial charge < -0.3 is 20.1 Å². The molecule has 0 fully saturated rings. The van der Waals surface area contributed by atoms with E-state index in [-0.39, 0.29) is 18.8 Å². The Morgan fingerprint density at radius 1 is 1.30 bits per heavy atom. The Balaban J connectivity index is 1.99. The number of anilines is 1. The van der Waals surface area contributed by atoms with Crippen molar-refractivity contribution in [2.75, 3.05) is 45.7 Å². The minimum Gasteiger partial charge on any atom is -0.492 e. The summed E-state index contributed by atoms with van der Waals surface area (Å²) < 4.78 is 5.63. The van der Waals surface area contributed by atoms with Gasteiger partial charge in [0.2, 0.25) is 0 Å². The Bertz CT molecular complexity index is 613. The summed E-state index contributed by atoms with van der Waals surface area (Å²) in [4.78, 5) is 26.8. The van der Waals surface area contributed by atoms with Crippen LogP contribution in [0.15, 0.2) is 36.0 Å². The lowest BCUT2D eigenvalue weighted by atomic mass is 10.3. The van der Waals surface area contributed by atoms with Gasteiger partial charge in [-0.05, 0) is 26.2 Å². The third-order valence-electron chi connectivity index (χ3n) is 3.25. The fourth-order valence-corrected chi connectivity index (χ4v) is 2.08. The molecule has 0 aliphatic carbocycles. The van der Waals surface area contributed by atoms with Crippen LogP contribution in [-0.2, 0) is 9.59 Å². The Morgan fingerprint density at radius 2 is 2.09 bits per heavy atom. The van der Waals surface area contributed by atoms with Crippen molar-refractivity contribution in [1.29, 1.82) is 0 Å². The van der Waals surface area contributed by atoms with Crippen molar-refractivity contribution in [1.82, 2.24) is 9.80 Å². The minimum atomic E-state index is -0.442. The fourth-order valence-electron chi connectivity index (χ4n) is 2.08. The van der Waals surface area contributed by atoms with E-state index >= 15 is 0 Å². The number of hydrogen-bond acceptors (Lipinski definition) is 6. The molecule has 0 radical (unpaired) electrons. The van der Waals surface area contributed by atoms with Gasteiger partial charge in [-0.15, -0.1) is 0 Å². The number of aliphatic hydroxyl groups is 1. The van der Waals surface area contributed by atoms with Gasteiger partial charge in [0.25, 0.3) is 11.8 Å². The molecule has 2 rings (SSSR count). The molecule has 0 bridgehead atoms. The predicted octanol–water partition coefficient (Wildman–Crippen LogP) is 0.284. The first-order valence-corrected chi connectivity index (χ1v) is 7.34. The van der Waals surface area contributed by atoms with E-state index in [0.29, 0.717) is 18.0 Å². The molecule has 0 atom stereocenters. The highest BCUT2D eigenvalue weighted by Gasteiger charge is 2.30. The lowest BCUT2D eigenvalue weighted by Crippen LogP contribution is -2.34. The molecule has 0 saturated carbocycles. The summed E-state index contributed by atoms with van der Waals surface area (Å²) in [6.07, 6.45) is 1.23. The van der Waals surface area contributed by atoms with Gasteiger partial charge in [-0.1, -0.05) is 6.07 Å². The molecule has 23 heavy (non-hydrogen) atoms. The number of imide groups is 1. The van der Waals surface area contributed by atoms with E-state index in [1.807, 2.05) is 25.1 Å². The SMILES string of the molecule is CN(C)CCOc1cccc(NC2=CC(=O)N(CCO)C2=O)c1. The van der Waals surface area contributed by atoms with Crippen molar-refractivity contribution in [3.63, 3.8) is 0 Å². The Kier molecular flexibility index (Phi) is 5.72. The zero-order chi connectivity index (χ0) is 16.8. The van der Waals surface area contributed by atoms with E-state index in [2.05, 4.69) is 5.32 Å². The van der Waals surface area contributed by atoms with Gasteiger partial charge in [-0.3, -0.25) is 14.5 Å². The predicted molar refractivity (Wildman–Crippen MR) is 86.0 cm³/mol. The number of ether oxygens (including phenoxy) is 1. The number of amides is 2. The molecule has 1 aromatic carbocycles. The second-order valence-electron chi connectivity index (χ2n) is 5.38. The quantitative estimate of drug-likeness (QED) is 0.670. The first-order chi connectivity index (χ1) is 11.0. The molecule has 0 unspecified atom stereocenters. The Morgan fingerprint density at radius 3 is 2.78 bits per heavy atom. The molecule has 0 spiro atoms. The maximum absolute atomic E-state index is 12.1. The van der Waals surface area contributed by atoms with Crippen LogP contribution in [0.2, 0.25) is 0 Å². The van der Waals surface area contributed by atoms with Gasteiger partial charge in [-0.25, -0.2) is 0 Å². The lowest BCUT2D eigenvalue weighted by molar-refractivity contribution is -0.137. The van der Waals surface area contributed by atoms with Gasteiger partial charge in [0.15, 0.2) is 0 Å². The van der Waals surface area contributed by atoms with E-state index in [0.717, 1.165) is 11.4 Å². The van der Waals surface area contributed by atoms with Crippen LogP contribution in [0.4, 0.5) is 5.69 Å². The average Bonchev–Trinajstić information content (AvgIpc) is 2.75. The van der Waals surface area contributed by atoms with Gasteiger partial charge in [0.05, 0.1) is 13.2 Å². The van der Waals surface area contributed by atoms with Crippen molar-refractivity contribution in [2.45, 2.75) is 0 Å². The Hall–Kier alpha value is -2.38. The molecular weight excluding hydrogens is 298 g/mol. The first-order valence-electron chi connectivity index (χ1n) is 7.34. The third kappa shape index (κ3) is 4.54. The maximum atomic E-state index is 12.1. The minimum absolute atomic E-state index is 0.00691. The summed E-state index contributed by atoms with van der Waals surface area (Å²) >= 11 is 0. The molecule has 1 heterocycles. The van der Waals surface area contributed by atoms with E-state index in [9.17, 15) is 9.59 Å². The third-order valence-corrected chi connectivity index (χ3v) is 3.25. The summed E-state index contributed by atoms with van der Waals surface area (Å²) in [5.41, 5.74) is 0.847. The van der Waals surface area contributed by atoms with Crippen LogP contribution in [0.3, 0.4) is 0 Å². The highest BCUT2D eigenvalue weighted by atomic mass is 16.5. The van der Waals surface area contributed by atoms with Gasteiger partial charge >= 0.3 is 0 Å². The molecule has 7 nitrogen and oxygen atoms in total. The van der Waals surface area contributed by atoms with Crippen molar-refractivity contribution in [3.8, 4) is 5.75 Å². The fraction of sp³-hybridized carbons (Fsp3) is 0.375. The maximum Gasteiger partial charge on any atom is 0.277 e. The number of carbonyl (C=O) groups is 2. The average molecular weight is 319 g/mol. The molecule has 0 saturated heterocycles. The smallest absolute Gasteiger partial charge is 0.277 e. The molecular formula is C16H21N3O4. The van der Waals surface area contributed by atoms with Crippen molar-refractivity contribution < 1.29 is 19.4 Å². The number of benzene rings is 1. The van der Waals surface area contributed by atoms with E-state index in [1.165, 1.54) is 6.08 Å². The van der Waals surface area contributed by atoms with Crippen LogP contribution in [-0.4, -0.2) is 67.1 Å². The van der Waals surface area contributed by atoms with Crippen LogP contribution < -0.4 is 10.1 Å². The molecule has 1 aromatic rings. The van der Waals surface area contributed by atoms with Gasteiger partial charge in [0, 0.05) is 24.4 Å². The number of aliphatic hydroxyl groups excluding tert-OH is 1. The standard InChI is InChI=1S/C16H21N3O4/c1-18(2)7-9-23-13-5-3-4-12(10-13)17-14-11-15(21)19(6-8-20)16(14)22/h3-5,10-11,17,20H,6-9H2,1-2H3. The van der Waals surface area contributed by atoms with E-state index in [1.54, 1.807) is 18.2 Å². The molecule has 7 heteroatoms. The number of hydrogen-bond donors (Lipinski definition) is 2. The number of nitrogens with zero attached hydrogens (tertiary/aromatic N) is 2. The van der Waals surface area contributed by atoms with Crippen molar-refractivity contribution in [2.24, 2.45) is 0 Å². The largest absolute Gasteiger partial charge is 0.492 e. The van der Waals surface area contributed by atoms with Gasteiger partial charge in [0.1, 0.15) is 18.1 Å². The molecule has 2 N–H and O–H groups in total. The molecule has 0 aromatic heterocycles. The molecule has 1 aliphatic heterocycles. The number of likely N-dealkylation sites (N-methyl/N-ethyl adjacent to an activating group) is 1. The summed E-state index contributed by atoms with van der Waals surface area (Å²) in [6.45, 7) is 1.09. The first kappa shape index (κ1) is 17.0. The second kappa shape index (κ2) is 7.75. The van der Waals surface area contributed by atoms with E-state index in [4.69, 9.17) is 9.84 Å². The summed E-state index contributed by atoms with van der Waals surface area (Å²) in [5.74, 6) is -0.186. The zero-order valence-electron chi connectivity index (χ0n) is 13.3. The van der Waals surface area contributed by atoms with Crippen LogP contribution in [0.25, 0.3) is 0 Å². The highest BCUT2D eigenvalue weighted by Crippen LogP contribution is 2.21. The summed E-state index contributed by atoms with van der Waals surface area (Å²) in [5, 5.41) is 11.8. The monoisotopic (exact) mass is 319 g/mol. The van der Waals surface area contributed by atoms with Crippen LogP contribution >= 0.6 is 0 Å². The molecule has 124 valence electrons. The number of carbonyl (C=O) groups excluding carboxylic acids is 2. The molecule has 1 aliphatic rings. The van der Waals surface area contributed by atoms with Gasteiger partial charge in [-0.2, -0.15) is 0 Å². The summed E-state index contributed by atoms with van der Waals surface area (Å²) in [7, 11) is 3.93. The normalized spacial score (nSPS) is 14.4. The number of β-amino-alcohol motifs (C(OH)–C–C–N with tert-alkyl or cyclic N) is 1. The van der Waals surface area contributed by atoms with Crippen LogP contribution in [0.5, 0.6) is 5.75 Å². The second-order valence-corrected chi connectivity index (χ2v) is 5.38. The number of nitrogens with one attached hydrogen (secondary N) is 1. The van der Waals surface area contributed by atoms with Crippen molar-refractivity contribution >= 4 is 17.5 Å². The van der Waals surface area contributed by atoms with Crippen LogP contribution in [0, 0.1) is 0 Å². The molecule has 2 amide bonds. The lowest BCUT2D eigenvalue weighted by Gasteiger charge is -2.14.